The SMILES string of the molecule is CN(C)CCNC(=O)CN(c1cc(Cl)cc(Cl)c1)S(C)(=O)=O. The van der Waals surface area contributed by atoms with Crippen molar-refractivity contribution in [1.82, 2.24) is 10.2 Å². The van der Waals surface area contributed by atoms with Crippen LogP contribution in [0.1, 0.15) is 0 Å². The van der Waals surface area contributed by atoms with Gasteiger partial charge < -0.3 is 10.2 Å². The Bertz CT molecular complexity index is 615. The van der Waals surface area contributed by atoms with Crippen molar-refractivity contribution in [1.29, 1.82) is 0 Å². The van der Waals surface area contributed by atoms with Crippen LogP contribution in [-0.4, -0.2) is 59.2 Å². The second-order valence-corrected chi connectivity index (χ2v) is 7.83. The lowest BCUT2D eigenvalue weighted by Gasteiger charge is -2.22. The molecule has 0 spiro atoms. The quantitative estimate of drug-likeness (QED) is 0.791. The molecule has 1 aromatic carbocycles. The molecule has 0 aliphatic rings. The Kier molecular flexibility index (Phi) is 6.93. The number of sulfonamides is 1. The fourth-order valence-corrected chi connectivity index (χ4v) is 3.04. The van der Waals surface area contributed by atoms with Crippen LogP contribution < -0.4 is 9.62 Å². The molecule has 0 saturated carbocycles. The molecule has 1 rings (SSSR count). The normalized spacial score (nSPS) is 11.5. The number of hydrogen-bond donors (Lipinski definition) is 1. The largest absolute Gasteiger partial charge is 0.353 e. The molecule has 0 fully saturated rings. The fraction of sp³-hybridized carbons (Fsp3) is 0.462. The van der Waals surface area contributed by atoms with E-state index in [1.54, 1.807) is 0 Å². The molecule has 0 unspecified atom stereocenters. The van der Waals surface area contributed by atoms with Crippen molar-refractivity contribution in [3.63, 3.8) is 0 Å². The third-order valence-electron chi connectivity index (χ3n) is 2.70. The fourth-order valence-electron chi connectivity index (χ4n) is 1.69. The van der Waals surface area contributed by atoms with E-state index in [1.807, 2.05) is 19.0 Å². The van der Waals surface area contributed by atoms with Crippen molar-refractivity contribution in [2.24, 2.45) is 0 Å². The molecule has 124 valence electrons. The average molecular weight is 368 g/mol. The van der Waals surface area contributed by atoms with E-state index in [9.17, 15) is 13.2 Å². The minimum Gasteiger partial charge on any atom is -0.353 e. The summed E-state index contributed by atoms with van der Waals surface area (Å²) in [5, 5.41) is 3.25. The molecule has 0 radical (unpaired) electrons. The predicted octanol–water partition coefficient (Wildman–Crippen LogP) is 1.44. The zero-order valence-corrected chi connectivity index (χ0v) is 15.0. The molecule has 1 N–H and O–H groups in total. The van der Waals surface area contributed by atoms with Crippen molar-refractivity contribution < 1.29 is 13.2 Å². The number of benzene rings is 1. The lowest BCUT2D eigenvalue weighted by atomic mass is 10.3. The van der Waals surface area contributed by atoms with Gasteiger partial charge in [0.05, 0.1) is 11.9 Å². The molecule has 1 aromatic rings. The second kappa shape index (κ2) is 8.01. The Balaban J connectivity index is 2.89. The van der Waals surface area contributed by atoms with Gasteiger partial charge in [-0.3, -0.25) is 9.10 Å². The third-order valence-corrected chi connectivity index (χ3v) is 4.28. The smallest absolute Gasteiger partial charge is 0.240 e. The molecule has 0 atom stereocenters. The van der Waals surface area contributed by atoms with Crippen molar-refractivity contribution >= 4 is 44.8 Å². The number of nitrogens with one attached hydrogen (secondary N) is 1. The van der Waals surface area contributed by atoms with Gasteiger partial charge in [0.25, 0.3) is 0 Å². The van der Waals surface area contributed by atoms with Crippen LogP contribution in [0, 0.1) is 0 Å². The van der Waals surface area contributed by atoms with Crippen LogP contribution in [0.5, 0.6) is 0 Å². The Hall–Kier alpha value is -1.02. The van der Waals surface area contributed by atoms with Gasteiger partial charge in [0.15, 0.2) is 0 Å². The number of halogens is 2. The summed E-state index contributed by atoms with van der Waals surface area (Å²) in [5.74, 6) is -0.400. The van der Waals surface area contributed by atoms with Crippen LogP contribution in [-0.2, 0) is 14.8 Å². The van der Waals surface area contributed by atoms with Gasteiger partial charge in [0.1, 0.15) is 6.54 Å². The number of carbonyl (C=O) groups excluding carboxylic acids is 1. The lowest BCUT2D eigenvalue weighted by molar-refractivity contribution is -0.119. The summed E-state index contributed by atoms with van der Waals surface area (Å²) in [6.07, 6.45) is 1.02. The summed E-state index contributed by atoms with van der Waals surface area (Å²) in [4.78, 5) is 13.8. The summed E-state index contributed by atoms with van der Waals surface area (Å²) in [5.41, 5.74) is 0.253. The highest BCUT2D eigenvalue weighted by Gasteiger charge is 2.21. The third kappa shape index (κ3) is 6.39. The number of anilines is 1. The molecular formula is C13H19Cl2N3O3S. The predicted molar refractivity (Wildman–Crippen MR) is 90.2 cm³/mol. The maximum absolute atomic E-state index is 11.9. The van der Waals surface area contributed by atoms with Crippen LogP contribution in [0.2, 0.25) is 10.0 Å². The Morgan fingerprint density at radius 2 is 1.73 bits per heavy atom. The Morgan fingerprint density at radius 1 is 1.18 bits per heavy atom. The lowest BCUT2D eigenvalue weighted by Crippen LogP contribution is -2.42. The first-order chi connectivity index (χ1) is 10.1. The van der Waals surface area contributed by atoms with Crippen LogP contribution >= 0.6 is 23.2 Å². The van der Waals surface area contributed by atoms with Gasteiger partial charge in [-0.25, -0.2) is 8.42 Å². The average Bonchev–Trinajstić information content (AvgIpc) is 2.32. The molecule has 0 aliphatic carbocycles. The van der Waals surface area contributed by atoms with Gasteiger partial charge in [-0.2, -0.15) is 0 Å². The first kappa shape index (κ1) is 19.0. The number of rotatable bonds is 7. The van der Waals surface area contributed by atoms with Crippen molar-refractivity contribution in [3.8, 4) is 0 Å². The maximum atomic E-state index is 11.9. The van der Waals surface area contributed by atoms with Crippen LogP contribution in [0.3, 0.4) is 0 Å². The van der Waals surface area contributed by atoms with E-state index in [0.717, 1.165) is 10.6 Å². The van der Waals surface area contributed by atoms with E-state index >= 15 is 0 Å². The van der Waals surface area contributed by atoms with Gasteiger partial charge in [0.2, 0.25) is 15.9 Å². The highest BCUT2D eigenvalue weighted by molar-refractivity contribution is 7.92. The number of likely N-dealkylation sites (N-methyl/N-ethyl adjacent to an activating group) is 1. The Labute approximate surface area is 141 Å². The summed E-state index contributed by atoms with van der Waals surface area (Å²) in [6, 6.07) is 4.38. The van der Waals surface area contributed by atoms with E-state index in [4.69, 9.17) is 23.2 Å². The van der Waals surface area contributed by atoms with E-state index in [2.05, 4.69) is 5.32 Å². The number of carbonyl (C=O) groups is 1. The maximum Gasteiger partial charge on any atom is 0.240 e. The number of nitrogens with zero attached hydrogens (tertiary/aromatic N) is 2. The summed E-state index contributed by atoms with van der Waals surface area (Å²) < 4.78 is 24.8. The van der Waals surface area contributed by atoms with Gasteiger partial charge in [-0.05, 0) is 32.3 Å². The standard InChI is InChI=1S/C13H19Cl2N3O3S/c1-17(2)5-4-16-13(19)9-18(22(3,20)21)12-7-10(14)6-11(15)8-12/h6-8H,4-5,9H2,1-3H3,(H,16,19). The molecule has 0 heterocycles. The minimum atomic E-state index is -3.64. The molecule has 0 aromatic heterocycles. The van der Waals surface area contributed by atoms with E-state index in [1.165, 1.54) is 18.2 Å². The summed E-state index contributed by atoms with van der Waals surface area (Å²) in [6.45, 7) is 0.760. The minimum absolute atomic E-state index is 0.253. The monoisotopic (exact) mass is 367 g/mol. The highest BCUT2D eigenvalue weighted by Crippen LogP contribution is 2.26. The number of hydrogen-bond acceptors (Lipinski definition) is 4. The molecule has 0 bridgehead atoms. The van der Waals surface area contributed by atoms with Crippen molar-refractivity contribution in [2.75, 3.05) is 44.3 Å². The van der Waals surface area contributed by atoms with Crippen LogP contribution in [0.15, 0.2) is 18.2 Å². The van der Waals surface area contributed by atoms with Crippen molar-refractivity contribution in [2.45, 2.75) is 0 Å². The van der Waals surface area contributed by atoms with Gasteiger partial charge in [-0.15, -0.1) is 0 Å². The van der Waals surface area contributed by atoms with Crippen molar-refractivity contribution in [3.05, 3.63) is 28.2 Å². The first-order valence-corrected chi connectivity index (χ1v) is 9.05. The number of amides is 1. The molecule has 0 saturated heterocycles. The molecule has 1 amide bonds. The topological polar surface area (TPSA) is 69.7 Å². The summed E-state index contributed by atoms with van der Waals surface area (Å²) >= 11 is 11.8. The molecule has 22 heavy (non-hydrogen) atoms. The van der Waals surface area contributed by atoms with E-state index in [0.29, 0.717) is 23.1 Å². The highest BCUT2D eigenvalue weighted by atomic mass is 35.5. The van der Waals surface area contributed by atoms with Gasteiger partial charge >= 0.3 is 0 Å². The molecule has 0 aliphatic heterocycles. The summed E-state index contributed by atoms with van der Waals surface area (Å²) in [7, 11) is 0.113. The van der Waals surface area contributed by atoms with Crippen LogP contribution in [0.25, 0.3) is 0 Å². The zero-order valence-electron chi connectivity index (χ0n) is 12.6. The van der Waals surface area contributed by atoms with Gasteiger partial charge in [0, 0.05) is 23.1 Å². The molecular weight excluding hydrogens is 349 g/mol. The Morgan fingerprint density at radius 3 is 2.18 bits per heavy atom. The first-order valence-electron chi connectivity index (χ1n) is 6.45. The van der Waals surface area contributed by atoms with E-state index < -0.39 is 15.9 Å². The zero-order chi connectivity index (χ0) is 16.9. The van der Waals surface area contributed by atoms with Crippen LogP contribution in [0.4, 0.5) is 5.69 Å². The molecule has 6 nitrogen and oxygen atoms in total. The van der Waals surface area contributed by atoms with Gasteiger partial charge in [-0.1, -0.05) is 23.2 Å². The second-order valence-electron chi connectivity index (χ2n) is 5.05. The van der Waals surface area contributed by atoms with E-state index in [-0.39, 0.29) is 12.2 Å². The molecule has 9 heteroatoms.